The molecule has 2 aromatic carbocycles. The maximum absolute atomic E-state index is 13.0. The number of nitrogens with two attached hydrogens (primary N) is 1. The van der Waals surface area contributed by atoms with E-state index in [0.29, 0.717) is 10.6 Å². The van der Waals surface area contributed by atoms with Crippen LogP contribution in [0.2, 0.25) is 0 Å². The van der Waals surface area contributed by atoms with Gasteiger partial charge in [0, 0.05) is 42.8 Å². The van der Waals surface area contributed by atoms with E-state index in [1.54, 1.807) is 0 Å². The van der Waals surface area contributed by atoms with Crippen molar-refractivity contribution >= 4 is 38.8 Å². The molecule has 0 fully saturated rings. The van der Waals surface area contributed by atoms with Crippen molar-refractivity contribution in [3.8, 4) is 0 Å². The quantitative estimate of drug-likeness (QED) is 0.450. The fourth-order valence-corrected chi connectivity index (χ4v) is 5.24. The lowest BCUT2D eigenvalue weighted by atomic mass is 10.0. The zero-order valence-corrected chi connectivity index (χ0v) is 19.1. The third kappa shape index (κ3) is 3.99. The van der Waals surface area contributed by atoms with Crippen LogP contribution in [-0.2, 0) is 19.5 Å². The van der Waals surface area contributed by atoms with Gasteiger partial charge >= 0.3 is 0 Å². The summed E-state index contributed by atoms with van der Waals surface area (Å²) in [6, 6.07) is 18.7. The monoisotopic (exact) mass is 442 g/mol. The molecule has 1 aliphatic rings. The summed E-state index contributed by atoms with van der Waals surface area (Å²) in [6.07, 6.45) is 0.903. The van der Waals surface area contributed by atoms with Crippen molar-refractivity contribution in [2.75, 3.05) is 17.6 Å². The Morgan fingerprint density at radius 3 is 2.78 bits per heavy atom. The molecule has 0 radical (unpaired) electrons. The minimum atomic E-state index is -0.178. The molecule has 3 heterocycles. The Labute approximate surface area is 191 Å². The molecule has 0 unspecified atom stereocenters. The van der Waals surface area contributed by atoms with Gasteiger partial charge < -0.3 is 11.1 Å². The number of nitrogens with zero attached hydrogens (tertiary/aromatic N) is 2. The normalized spacial score (nSPS) is 13.8. The van der Waals surface area contributed by atoms with Gasteiger partial charge in [0.15, 0.2) is 0 Å². The number of fused-ring (bicyclic) bond motifs is 2. The molecular formula is C26H26N4OS. The maximum Gasteiger partial charge on any atom is 0.267 e. The smallest absolute Gasteiger partial charge is 0.267 e. The Morgan fingerprint density at radius 2 is 1.97 bits per heavy atom. The summed E-state index contributed by atoms with van der Waals surface area (Å²) < 4.78 is 0. The van der Waals surface area contributed by atoms with Gasteiger partial charge in [0.05, 0.1) is 5.69 Å². The topological polar surface area (TPSA) is 71.2 Å². The highest BCUT2D eigenvalue weighted by atomic mass is 32.1. The minimum Gasteiger partial charge on any atom is -0.397 e. The van der Waals surface area contributed by atoms with Gasteiger partial charge in [-0.15, -0.1) is 11.3 Å². The SMILES string of the molecule is Cc1ccc(C)c(NC(=O)c2sc3nc4c(cc3c2N)CN(Cc2ccccc2)CC4)c1. The van der Waals surface area contributed by atoms with Crippen molar-refractivity contribution < 1.29 is 4.79 Å². The zero-order chi connectivity index (χ0) is 22.2. The van der Waals surface area contributed by atoms with Crippen molar-refractivity contribution in [2.24, 2.45) is 0 Å². The van der Waals surface area contributed by atoms with Crippen molar-refractivity contribution in [2.45, 2.75) is 33.4 Å². The van der Waals surface area contributed by atoms with Crippen LogP contribution in [0.25, 0.3) is 10.2 Å². The van der Waals surface area contributed by atoms with E-state index >= 15 is 0 Å². The number of carbonyl (C=O) groups excluding carboxylic acids is 1. The lowest BCUT2D eigenvalue weighted by Gasteiger charge is -2.28. The summed E-state index contributed by atoms with van der Waals surface area (Å²) in [7, 11) is 0. The van der Waals surface area contributed by atoms with Crippen LogP contribution in [-0.4, -0.2) is 22.3 Å². The number of pyridine rings is 1. The predicted octanol–water partition coefficient (Wildman–Crippen LogP) is 5.31. The van der Waals surface area contributed by atoms with E-state index < -0.39 is 0 Å². The van der Waals surface area contributed by atoms with Crippen LogP contribution in [0.4, 0.5) is 11.4 Å². The van der Waals surface area contributed by atoms with E-state index in [0.717, 1.165) is 58.8 Å². The molecule has 5 rings (SSSR count). The molecule has 1 amide bonds. The third-order valence-corrected chi connectivity index (χ3v) is 7.16. The minimum absolute atomic E-state index is 0.178. The average Bonchev–Trinajstić information content (AvgIpc) is 3.11. The molecule has 0 bridgehead atoms. The molecule has 0 saturated heterocycles. The molecule has 5 nitrogen and oxygen atoms in total. The second-order valence-electron chi connectivity index (χ2n) is 8.51. The van der Waals surface area contributed by atoms with Crippen molar-refractivity contribution in [1.29, 1.82) is 0 Å². The van der Waals surface area contributed by atoms with E-state index in [1.807, 2.05) is 38.1 Å². The van der Waals surface area contributed by atoms with Crippen molar-refractivity contribution in [1.82, 2.24) is 9.88 Å². The number of amides is 1. The first-order valence-corrected chi connectivity index (χ1v) is 11.7. The van der Waals surface area contributed by atoms with Gasteiger partial charge in [0.25, 0.3) is 5.91 Å². The highest BCUT2D eigenvalue weighted by Crippen LogP contribution is 2.36. The number of rotatable bonds is 4. The lowest BCUT2D eigenvalue weighted by molar-refractivity contribution is 0.103. The first-order valence-electron chi connectivity index (χ1n) is 10.8. The van der Waals surface area contributed by atoms with Crippen LogP contribution >= 0.6 is 11.3 Å². The third-order valence-electron chi connectivity index (χ3n) is 6.04. The molecule has 0 saturated carbocycles. The van der Waals surface area contributed by atoms with Crippen LogP contribution in [0.3, 0.4) is 0 Å². The molecule has 4 aromatic rings. The highest BCUT2D eigenvalue weighted by Gasteiger charge is 2.23. The Hall–Kier alpha value is -3.22. The Morgan fingerprint density at radius 1 is 1.16 bits per heavy atom. The van der Waals surface area contributed by atoms with Crippen molar-refractivity contribution in [3.05, 3.63) is 87.4 Å². The van der Waals surface area contributed by atoms with E-state index in [9.17, 15) is 4.79 Å². The molecular weight excluding hydrogens is 416 g/mol. The fraction of sp³-hybridized carbons (Fsp3) is 0.231. The second kappa shape index (κ2) is 8.37. The van der Waals surface area contributed by atoms with Crippen LogP contribution in [0.1, 0.15) is 37.6 Å². The number of anilines is 2. The predicted molar refractivity (Wildman–Crippen MR) is 132 cm³/mol. The van der Waals surface area contributed by atoms with Crippen molar-refractivity contribution in [3.63, 3.8) is 0 Å². The van der Waals surface area contributed by atoms with E-state index in [1.165, 1.54) is 22.5 Å². The maximum atomic E-state index is 13.0. The first kappa shape index (κ1) is 20.7. The molecule has 32 heavy (non-hydrogen) atoms. The van der Waals surface area contributed by atoms with E-state index in [4.69, 9.17) is 10.7 Å². The summed E-state index contributed by atoms with van der Waals surface area (Å²) >= 11 is 1.38. The second-order valence-corrected chi connectivity index (χ2v) is 9.51. The van der Waals surface area contributed by atoms with Gasteiger partial charge in [-0.3, -0.25) is 9.69 Å². The van der Waals surface area contributed by atoms with Crippen LogP contribution in [0.5, 0.6) is 0 Å². The molecule has 0 atom stereocenters. The fourth-order valence-electron chi connectivity index (χ4n) is 4.25. The summed E-state index contributed by atoms with van der Waals surface area (Å²) in [4.78, 5) is 21.7. The summed E-state index contributed by atoms with van der Waals surface area (Å²) in [5.74, 6) is -0.178. The summed E-state index contributed by atoms with van der Waals surface area (Å²) in [6.45, 7) is 6.73. The molecule has 6 heteroatoms. The van der Waals surface area contributed by atoms with Gasteiger partial charge in [-0.1, -0.05) is 42.5 Å². The Kier molecular flexibility index (Phi) is 5.41. The number of aryl methyl sites for hydroxylation is 2. The van der Waals surface area contributed by atoms with Crippen LogP contribution < -0.4 is 11.1 Å². The number of benzene rings is 2. The molecule has 0 spiro atoms. The van der Waals surface area contributed by atoms with Gasteiger partial charge in [-0.2, -0.15) is 0 Å². The van der Waals surface area contributed by atoms with Crippen LogP contribution in [0.15, 0.2) is 54.6 Å². The van der Waals surface area contributed by atoms with Crippen LogP contribution in [0, 0.1) is 13.8 Å². The average molecular weight is 443 g/mol. The number of nitrogens with one attached hydrogen (secondary N) is 1. The Bertz CT molecular complexity index is 1310. The van der Waals surface area contributed by atoms with Gasteiger partial charge in [-0.25, -0.2) is 4.98 Å². The van der Waals surface area contributed by atoms with Gasteiger partial charge in [-0.05, 0) is 48.2 Å². The molecule has 162 valence electrons. The standard InChI is InChI=1S/C26H26N4OS/c1-16-8-9-17(2)22(12-16)28-25(31)24-23(27)20-13-19-15-30(14-18-6-4-3-5-7-18)11-10-21(19)29-26(20)32-24/h3-9,12-13H,10-11,14-15,27H2,1-2H3,(H,28,31). The number of carbonyl (C=O) groups is 1. The zero-order valence-electron chi connectivity index (χ0n) is 18.3. The lowest BCUT2D eigenvalue weighted by Crippen LogP contribution is -2.30. The number of hydrogen-bond donors (Lipinski definition) is 2. The molecule has 2 aromatic heterocycles. The first-order chi connectivity index (χ1) is 15.5. The number of hydrogen-bond acceptors (Lipinski definition) is 5. The molecule has 3 N–H and O–H groups in total. The molecule has 0 aliphatic carbocycles. The highest BCUT2D eigenvalue weighted by molar-refractivity contribution is 7.21. The summed E-state index contributed by atoms with van der Waals surface area (Å²) in [5.41, 5.74) is 13.5. The largest absolute Gasteiger partial charge is 0.397 e. The van der Waals surface area contributed by atoms with E-state index in [-0.39, 0.29) is 5.91 Å². The number of nitrogen functional groups attached to an aromatic ring is 1. The summed E-state index contributed by atoms with van der Waals surface area (Å²) in [5, 5.41) is 3.90. The number of thiophene rings is 1. The Balaban J connectivity index is 1.41. The molecule has 1 aliphatic heterocycles. The van der Waals surface area contributed by atoms with E-state index in [2.05, 4.69) is 40.5 Å². The van der Waals surface area contributed by atoms with Gasteiger partial charge in [0.1, 0.15) is 9.71 Å². The van der Waals surface area contributed by atoms with Gasteiger partial charge in [0.2, 0.25) is 0 Å². The number of aromatic nitrogens is 1.